The lowest BCUT2D eigenvalue weighted by Gasteiger charge is -2.18. The van der Waals surface area contributed by atoms with Crippen molar-refractivity contribution in [3.8, 4) is 0 Å². The number of nitrogens with zero attached hydrogens (tertiary/aromatic N) is 2. The fourth-order valence-electron chi connectivity index (χ4n) is 0.882. The molecule has 0 atom stereocenters. The van der Waals surface area contributed by atoms with Gasteiger partial charge in [-0.1, -0.05) is 13.3 Å². The molecule has 0 amide bonds. The molecule has 1 aliphatic rings. The van der Waals surface area contributed by atoms with Crippen LogP contribution in [0.4, 0.5) is 0 Å². The lowest BCUT2D eigenvalue weighted by Crippen LogP contribution is -2.50. The Hall–Kier alpha value is -0.880. The number of nitrogens with one attached hydrogen (secondary N) is 3. The van der Waals surface area contributed by atoms with E-state index in [4.69, 9.17) is 12.2 Å². The van der Waals surface area contributed by atoms with Gasteiger partial charge in [0.2, 0.25) is 0 Å². The van der Waals surface area contributed by atoms with E-state index in [0.717, 1.165) is 13.0 Å². The second-order valence-electron chi connectivity index (χ2n) is 2.73. The van der Waals surface area contributed by atoms with Gasteiger partial charge in [0.25, 0.3) is 0 Å². The standard InChI is InChI=1S/C7H15N5S/c1-2-3-4-9-7(13)11-12-6-8-5-10-12/h5H,2-4,6H2,1H3,(H,8,10)(H2,9,11,13). The van der Waals surface area contributed by atoms with Crippen molar-refractivity contribution in [2.24, 2.45) is 4.99 Å². The molecule has 0 radical (unpaired) electrons. The summed E-state index contributed by atoms with van der Waals surface area (Å²) < 4.78 is 0. The summed E-state index contributed by atoms with van der Waals surface area (Å²) in [7, 11) is 0. The summed E-state index contributed by atoms with van der Waals surface area (Å²) in [4.78, 5) is 3.95. The molecule has 0 fully saturated rings. The van der Waals surface area contributed by atoms with Gasteiger partial charge in [0.05, 0.1) is 0 Å². The fourth-order valence-corrected chi connectivity index (χ4v) is 1.09. The Bertz CT molecular complexity index is 185. The number of hydrogen-bond acceptors (Lipinski definition) is 4. The van der Waals surface area contributed by atoms with Crippen LogP contribution < -0.4 is 16.2 Å². The van der Waals surface area contributed by atoms with Crippen LogP contribution >= 0.6 is 12.2 Å². The Morgan fingerprint density at radius 1 is 1.77 bits per heavy atom. The Kier molecular flexibility index (Phi) is 4.48. The highest BCUT2D eigenvalue weighted by molar-refractivity contribution is 7.80. The molecule has 0 aliphatic carbocycles. The van der Waals surface area contributed by atoms with Crippen molar-refractivity contribution in [3.05, 3.63) is 0 Å². The second-order valence-corrected chi connectivity index (χ2v) is 3.14. The zero-order valence-electron chi connectivity index (χ0n) is 7.71. The van der Waals surface area contributed by atoms with Crippen LogP contribution in [0.1, 0.15) is 19.8 Å². The SMILES string of the molecule is CCCCNC(=S)NN1CN=CN1. The van der Waals surface area contributed by atoms with Crippen molar-refractivity contribution in [1.29, 1.82) is 0 Å². The number of unbranched alkanes of at least 4 members (excludes halogenated alkanes) is 1. The lowest BCUT2D eigenvalue weighted by molar-refractivity contribution is 0.225. The van der Waals surface area contributed by atoms with Crippen LogP contribution in [0.3, 0.4) is 0 Å². The van der Waals surface area contributed by atoms with Gasteiger partial charge >= 0.3 is 0 Å². The van der Waals surface area contributed by atoms with E-state index in [1.165, 1.54) is 6.42 Å². The molecule has 0 spiro atoms. The fraction of sp³-hybridized carbons (Fsp3) is 0.714. The van der Waals surface area contributed by atoms with Crippen LogP contribution in [0.25, 0.3) is 0 Å². The lowest BCUT2D eigenvalue weighted by atomic mass is 10.3. The number of hydrazine groups is 2. The molecule has 1 rings (SSSR count). The van der Waals surface area contributed by atoms with Gasteiger partial charge in [-0.3, -0.25) is 15.8 Å². The zero-order valence-corrected chi connectivity index (χ0v) is 8.52. The van der Waals surface area contributed by atoms with Crippen LogP contribution in [-0.2, 0) is 0 Å². The van der Waals surface area contributed by atoms with Crippen molar-refractivity contribution >= 4 is 23.7 Å². The summed E-state index contributed by atoms with van der Waals surface area (Å²) in [5.74, 6) is 0. The van der Waals surface area contributed by atoms with E-state index in [9.17, 15) is 0 Å². The molecule has 0 saturated heterocycles. The number of aliphatic imine (C=N–C) groups is 1. The van der Waals surface area contributed by atoms with Crippen LogP contribution in [-0.4, -0.2) is 29.8 Å². The quantitative estimate of drug-likeness (QED) is 0.440. The third-order valence-corrected chi connectivity index (χ3v) is 1.82. The molecule has 0 aromatic rings. The minimum atomic E-state index is 0.579. The topological polar surface area (TPSA) is 51.7 Å². The molecule has 0 unspecified atom stereocenters. The normalized spacial score (nSPS) is 15.5. The number of thiocarbonyl (C=S) groups is 1. The monoisotopic (exact) mass is 201 g/mol. The van der Waals surface area contributed by atoms with E-state index in [0.29, 0.717) is 11.8 Å². The highest BCUT2D eigenvalue weighted by Gasteiger charge is 2.06. The molecule has 0 bridgehead atoms. The van der Waals surface area contributed by atoms with Gasteiger partial charge < -0.3 is 5.32 Å². The molecule has 6 heteroatoms. The molecular weight excluding hydrogens is 186 g/mol. The smallest absolute Gasteiger partial charge is 0.182 e. The minimum Gasteiger partial charge on any atom is -0.362 e. The number of hydrogen-bond donors (Lipinski definition) is 3. The predicted molar refractivity (Wildman–Crippen MR) is 57.0 cm³/mol. The first-order chi connectivity index (χ1) is 6.33. The maximum Gasteiger partial charge on any atom is 0.182 e. The summed E-state index contributed by atoms with van der Waals surface area (Å²) in [5, 5.41) is 5.43. The van der Waals surface area contributed by atoms with Gasteiger partial charge in [0, 0.05) is 6.54 Å². The van der Waals surface area contributed by atoms with Crippen LogP contribution in [0.5, 0.6) is 0 Å². The average molecular weight is 201 g/mol. The Labute approximate surface area is 83.5 Å². The average Bonchev–Trinajstić information content (AvgIpc) is 2.57. The van der Waals surface area contributed by atoms with E-state index in [-0.39, 0.29) is 0 Å². The molecule has 1 heterocycles. The summed E-state index contributed by atoms with van der Waals surface area (Å²) in [6.45, 7) is 3.64. The van der Waals surface area contributed by atoms with Gasteiger partial charge in [0.1, 0.15) is 13.0 Å². The van der Waals surface area contributed by atoms with Crippen molar-refractivity contribution in [2.45, 2.75) is 19.8 Å². The van der Waals surface area contributed by atoms with Crippen LogP contribution in [0.2, 0.25) is 0 Å². The molecule has 0 saturated carbocycles. The van der Waals surface area contributed by atoms with Crippen molar-refractivity contribution in [1.82, 2.24) is 21.3 Å². The highest BCUT2D eigenvalue weighted by Crippen LogP contribution is 1.85. The van der Waals surface area contributed by atoms with Gasteiger partial charge in [-0.2, -0.15) is 0 Å². The van der Waals surface area contributed by atoms with Gasteiger partial charge in [-0.15, -0.1) is 5.12 Å². The Morgan fingerprint density at radius 2 is 2.62 bits per heavy atom. The summed E-state index contributed by atoms with van der Waals surface area (Å²) >= 11 is 5.04. The van der Waals surface area contributed by atoms with Crippen molar-refractivity contribution in [2.75, 3.05) is 13.2 Å². The van der Waals surface area contributed by atoms with E-state index < -0.39 is 0 Å². The molecule has 74 valence electrons. The summed E-state index contributed by atoms with van der Waals surface area (Å²) in [5.41, 5.74) is 5.84. The van der Waals surface area contributed by atoms with E-state index in [1.54, 1.807) is 11.5 Å². The third-order valence-electron chi connectivity index (χ3n) is 1.58. The molecule has 3 N–H and O–H groups in total. The minimum absolute atomic E-state index is 0.579. The van der Waals surface area contributed by atoms with E-state index in [1.807, 2.05) is 0 Å². The third kappa shape index (κ3) is 4.05. The largest absolute Gasteiger partial charge is 0.362 e. The van der Waals surface area contributed by atoms with E-state index in [2.05, 4.69) is 28.1 Å². The first-order valence-electron chi connectivity index (χ1n) is 4.39. The Balaban J connectivity index is 2.03. The maximum atomic E-state index is 5.04. The number of rotatable bonds is 4. The zero-order chi connectivity index (χ0) is 9.52. The van der Waals surface area contributed by atoms with Crippen molar-refractivity contribution < 1.29 is 0 Å². The molecule has 13 heavy (non-hydrogen) atoms. The maximum absolute atomic E-state index is 5.04. The molecule has 1 aliphatic heterocycles. The second kappa shape index (κ2) is 5.71. The molecular formula is C7H15N5S. The van der Waals surface area contributed by atoms with Gasteiger partial charge in [-0.25, -0.2) is 0 Å². The predicted octanol–water partition coefficient (Wildman–Crippen LogP) is -0.0284. The molecule has 5 nitrogen and oxygen atoms in total. The Morgan fingerprint density at radius 3 is 3.23 bits per heavy atom. The van der Waals surface area contributed by atoms with Gasteiger partial charge in [-0.05, 0) is 18.6 Å². The molecule has 0 aromatic carbocycles. The van der Waals surface area contributed by atoms with Gasteiger partial charge in [0.15, 0.2) is 5.11 Å². The van der Waals surface area contributed by atoms with E-state index >= 15 is 0 Å². The first kappa shape index (κ1) is 10.2. The first-order valence-corrected chi connectivity index (χ1v) is 4.80. The van der Waals surface area contributed by atoms with Crippen molar-refractivity contribution in [3.63, 3.8) is 0 Å². The summed E-state index contributed by atoms with van der Waals surface area (Å²) in [6.07, 6.45) is 3.92. The van der Waals surface area contributed by atoms with Crippen LogP contribution in [0, 0.1) is 0 Å². The highest BCUT2D eigenvalue weighted by atomic mass is 32.1. The molecule has 0 aromatic heterocycles. The van der Waals surface area contributed by atoms with Crippen LogP contribution in [0.15, 0.2) is 4.99 Å². The summed E-state index contributed by atoms with van der Waals surface area (Å²) in [6, 6.07) is 0.